The Balaban J connectivity index is 2.51. The van der Waals surface area contributed by atoms with E-state index in [-0.39, 0.29) is 16.9 Å². The molecule has 2 aromatic rings. The number of hydrogen-bond acceptors (Lipinski definition) is 5. The van der Waals surface area contributed by atoms with Crippen LogP contribution in [-0.2, 0) is 9.47 Å². The highest BCUT2D eigenvalue weighted by Gasteiger charge is 2.21. The Morgan fingerprint density at radius 3 is 2.42 bits per heavy atom. The number of aliphatic imine (C=N–C) groups is 1. The van der Waals surface area contributed by atoms with Crippen molar-refractivity contribution in [3.63, 3.8) is 0 Å². The van der Waals surface area contributed by atoms with Crippen LogP contribution in [0.1, 0.15) is 31.8 Å². The van der Waals surface area contributed by atoms with Gasteiger partial charge in [-0.25, -0.2) is 14.0 Å². The van der Waals surface area contributed by atoms with Crippen molar-refractivity contribution in [2.75, 3.05) is 14.2 Å². The lowest BCUT2D eigenvalue weighted by Crippen LogP contribution is -2.14. The topological polar surface area (TPSA) is 65.0 Å². The van der Waals surface area contributed by atoms with Crippen molar-refractivity contribution in [2.24, 2.45) is 4.99 Å². The predicted molar refractivity (Wildman–Crippen MR) is 87.5 cm³/mol. The van der Waals surface area contributed by atoms with Crippen molar-refractivity contribution < 1.29 is 23.5 Å². The van der Waals surface area contributed by atoms with E-state index in [2.05, 4.69) is 9.73 Å². The van der Waals surface area contributed by atoms with Crippen LogP contribution in [0.25, 0.3) is 0 Å². The molecular weight excluding hydrogens is 313 g/mol. The van der Waals surface area contributed by atoms with Gasteiger partial charge < -0.3 is 9.47 Å². The summed E-state index contributed by atoms with van der Waals surface area (Å²) in [5.41, 5.74) is 1.75. The number of carbonyl (C=O) groups is 2. The van der Waals surface area contributed by atoms with E-state index in [4.69, 9.17) is 4.74 Å². The molecule has 2 rings (SSSR count). The van der Waals surface area contributed by atoms with Crippen LogP contribution in [0.3, 0.4) is 0 Å². The Morgan fingerprint density at radius 1 is 1.08 bits per heavy atom. The van der Waals surface area contributed by atoms with Gasteiger partial charge in [0.05, 0.1) is 31.0 Å². The number of aryl methyl sites for hydroxylation is 1. The first-order valence-corrected chi connectivity index (χ1v) is 7.07. The van der Waals surface area contributed by atoms with Gasteiger partial charge in [0.15, 0.2) is 0 Å². The van der Waals surface area contributed by atoms with Gasteiger partial charge in [0.2, 0.25) is 0 Å². The van der Waals surface area contributed by atoms with Gasteiger partial charge in [0.1, 0.15) is 5.82 Å². The van der Waals surface area contributed by atoms with E-state index in [0.29, 0.717) is 16.8 Å². The second-order valence-electron chi connectivity index (χ2n) is 4.94. The minimum atomic E-state index is -0.673. The summed E-state index contributed by atoms with van der Waals surface area (Å²) in [4.78, 5) is 28.2. The first-order chi connectivity index (χ1) is 11.5. The molecule has 0 aromatic heterocycles. The highest BCUT2D eigenvalue weighted by atomic mass is 19.1. The maximum absolute atomic E-state index is 13.1. The van der Waals surface area contributed by atoms with E-state index in [1.54, 1.807) is 19.1 Å². The third kappa shape index (κ3) is 3.65. The van der Waals surface area contributed by atoms with Crippen LogP contribution in [0, 0.1) is 12.7 Å². The number of rotatable bonds is 4. The summed E-state index contributed by atoms with van der Waals surface area (Å²) in [6, 6.07) is 8.89. The molecule has 0 N–H and O–H groups in total. The molecule has 0 radical (unpaired) electrons. The fraction of sp³-hybridized carbons (Fsp3) is 0.167. The SMILES string of the molecule is COC(=O)c1cccc(C=Nc2ccc(F)cc2C)c1C(=O)OC. The zero-order valence-corrected chi connectivity index (χ0v) is 13.5. The lowest BCUT2D eigenvalue weighted by atomic mass is 10.0. The number of hydrogen-bond donors (Lipinski definition) is 0. The Hall–Kier alpha value is -3.02. The molecule has 0 unspecified atom stereocenters. The molecule has 5 nitrogen and oxygen atoms in total. The number of esters is 2. The molecule has 0 aliphatic carbocycles. The van der Waals surface area contributed by atoms with E-state index in [0.717, 1.165) is 0 Å². The molecule has 2 aromatic carbocycles. The normalized spacial score (nSPS) is 10.7. The minimum absolute atomic E-state index is 0.0652. The van der Waals surface area contributed by atoms with Crippen LogP contribution in [0.15, 0.2) is 41.4 Å². The quantitative estimate of drug-likeness (QED) is 0.636. The zero-order valence-electron chi connectivity index (χ0n) is 13.5. The maximum atomic E-state index is 13.1. The first-order valence-electron chi connectivity index (χ1n) is 7.07. The first kappa shape index (κ1) is 17.3. The Morgan fingerprint density at radius 2 is 1.79 bits per heavy atom. The molecule has 0 fully saturated rings. The summed E-state index contributed by atoms with van der Waals surface area (Å²) in [5.74, 6) is -1.67. The van der Waals surface area contributed by atoms with E-state index in [1.807, 2.05) is 0 Å². The van der Waals surface area contributed by atoms with E-state index in [9.17, 15) is 14.0 Å². The number of halogens is 1. The second kappa shape index (κ2) is 7.50. The minimum Gasteiger partial charge on any atom is -0.465 e. The van der Waals surface area contributed by atoms with Gasteiger partial charge in [0, 0.05) is 11.8 Å². The molecular formula is C18H16FNO4. The van der Waals surface area contributed by atoms with Crippen LogP contribution in [0.5, 0.6) is 0 Å². The van der Waals surface area contributed by atoms with E-state index in [1.165, 1.54) is 44.7 Å². The molecule has 24 heavy (non-hydrogen) atoms. The summed E-state index contributed by atoms with van der Waals surface area (Å²) in [6.45, 7) is 1.72. The molecule has 124 valence electrons. The summed E-state index contributed by atoms with van der Waals surface area (Å²) >= 11 is 0. The molecule has 0 amide bonds. The largest absolute Gasteiger partial charge is 0.465 e. The van der Waals surface area contributed by atoms with Crippen molar-refractivity contribution in [1.29, 1.82) is 0 Å². The van der Waals surface area contributed by atoms with Crippen molar-refractivity contribution in [3.8, 4) is 0 Å². The molecule has 0 spiro atoms. The highest BCUT2D eigenvalue weighted by Crippen LogP contribution is 2.21. The number of carbonyl (C=O) groups excluding carboxylic acids is 2. The summed E-state index contributed by atoms with van der Waals surface area (Å²) in [5, 5.41) is 0. The third-order valence-corrected chi connectivity index (χ3v) is 3.39. The average molecular weight is 329 g/mol. The van der Waals surface area contributed by atoms with Crippen molar-refractivity contribution in [3.05, 3.63) is 64.5 Å². The fourth-order valence-electron chi connectivity index (χ4n) is 2.19. The lowest BCUT2D eigenvalue weighted by Gasteiger charge is -2.09. The zero-order chi connectivity index (χ0) is 17.7. The van der Waals surface area contributed by atoms with Gasteiger partial charge in [-0.3, -0.25) is 4.99 Å². The monoisotopic (exact) mass is 329 g/mol. The van der Waals surface area contributed by atoms with Gasteiger partial charge in [-0.15, -0.1) is 0 Å². The Bertz CT molecular complexity index is 815. The maximum Gasteiger partial charge on any atom is 0.339 e. The average Bonchev–Trinajstić information content (AvgIpc) is 2.59. The van der Waals surface area contributed by atoms with E-state index >= 15 is 0 Å². The third-order valence-electron chi connectivity index (χ3n) is 3.39. The molecule has 0 aliphatic heterocycles. The van der Waals surface area contributed by atoms with Gasteiger partial charge in [0.25, 0.3) is 0 Å². The molecule has 0 heterocycles. The van der Waals surface area contributed by atoms with Crippen LogP contribution in [0.4, 0.5) is 10.1 Å². The molecule has 0 saturated heterocycles. The van der Waals surface area contributed by atoms with Crippen LogP contribution >= 0.6 is 0 Å². The van der Waals surface area contributed by atoms with Gasteiger partial charge in [-0.05, 0) is 36.8 Å². The Kier molecular flexibility index (Phi) is 5.42. The molecule has 6 heteroatoms. The highest BCUT2D eigenvalue weighted by molar-refractivity contribution is 6.08. The smallest absolute Gasteiger partial charge is 0.339 e. The van der Waals surface area contributed by atoms with Crippen LogP contribution < -0.4 is 0 Å². The summed E-state index contributed by atoms with van der Waals surface area (Å²) in [7, 11) is 2.45. The van der Waals surface area contributed by atoms with Gasteiger partial charge in [-0.1, -0.05) is 12.1 Å². The second-order valence-corrected chi connectivity index (χ2v) is 4.94. The Labute approximate surface area is 138 Å². The fourth-order valence-corrected chi connectivity index (χ4v) is 2.19. The number of methoxy groups -OCH3 is 2. The molecule has 0 bridgehead atoms. The number of benzene rings is 2. The van der Waals surface area contributed by atoms with Crippen LogP contribution in [-0.4, -0.2) is 32.4 Å². The summed E-state index contributed by atoms with van der Waals surface area (Å²) < 4.78 is 22.6. The van der Waals surface area contributed by atoms with Gasteiger partial charge in [-0.2, -0.15) is 0 Å². The predicted octanol–water partition coefficient (Wildman–Crippen LogP) is 3.46. The molecule has 0 atom stereocenters. The van der Waals surface area contributed by atoms with Crippen LogP contribution in [0.2, 0.25) is 0 Å². The summed E-state index contributed by atoms with van der Waals surface area (Å²) in [6.07, 6.45) is 1.43. The lowest BCUT2D eigenvalue weighted by molar-refractivity contribution is 0.0555. The van der Waals surface area contributed by atoms with Crippen molar-refractivity contribution in [2.45, 2.75) is 6.92 Å². The van der Waals surface area contributed by atoms with Crippen molar-refractivity contribution in [1.82, 2.24) is 0 Å². The number of nitrogens with zero attached hydrogens (tertiary/aromatic N) is 1. The molecule has 0 aliphatic rings. The standard InChI is InChI=1S/C18H16FNO4/c1-11-9-13(19)7-8-15(11)20-10-12-5-4-6-14(17(21)23-2)16(12)18(22)24-3/h4-10H,1-3H3. The van der Waals surface area contributed by atoms with Crippen molar-refractivity contribution >= 4 is 23.8 Å². The van der Waals surface area contributed by atoms with Gasteiger partial charge >= 0.3 is 11.9 Å². The van der Waals surface area contributed by atoms with E-state index < -0.39 is 11.9 Å². The molecule has 0 saturated carbocycles. The number of ether oxygens (including phenoxy) is 2.